The van der Waals surface area contributed by atoms with E-state index in [4.69, 9.17) is 4.42 Å². The molecule has 0 aliphatic carbocycles. The van der Waals surface area contributed by atoms with Crippen molar-refractivity contribution in [2.24, 2.45) is 0 Å². The maximum Gasteiger partial charge on any atom is 0.143 e. The van der Waals surface area contributed by atoms with Crippen molar-refractivity contribution >= 4 is 64.2 Å². The van der Waals surface area contributed by atoms with Crippen molar-refractivity contribution in [2.75, 3.05) is 0 Å². The summed E-state index contributed by atoms with van der Waals surface area (Å²) in [6, 6.07) is 22.9. The highest BCUT2D eigenvalue weighted by atomic mass is 32.1. The third-order valence-electron chi connectivity index (χ3n) is 6.84. The van der Waals surface area contributed by atoms with Crippen LogP contribution >= 0.6 is 11.3 Å². The zero-order chi connectivity index (χ0) is 21.7. The number of hydrogen-bond donors (Lipinski definition) is 0. The highest BCUT2D eigenvalue weighted by molar-refractivity contribution is 7.26. The minimum atomic E-state index is 1.01. The van der Waals surface area contributed by atoms with Crippen LogP contribution < -0.4 is 0 Å². The molecule has 1 nitrogen and oxygen atoms in total. The van der Waals surface area contributed by atoms with E-state index in [0.717, 1.165) is 17.6 Å². The Morgan fingerprint density at radius 1 is 0.625 bits per heavy atom. The largest absolute Gasteiger partial charge is 0.455 e. The zero-order valence-corrected chi connectivity index (χ0v) is 19.6. The Labute approximate surface area is 192 Å². The van der Waals surface area contributed by atoms with Gasteiger partial charge in [-0.25, -0.2) is 0 Å². The molecule has 2 heteroatoms. The van der Waals surface area contributed by atoms with Crippen LogP contribution in [0.4, 0.5) is 0 Å². The molecule has 4 aromatic carbocycles. The van der Waals surface area contributed by atoms with Crippen molar-refractivity contribution in [3.8, 4) is 0 Å². The summed E-state index contributed by atoms with van der Waals surface area (Å²) in [4.78, 5) is 0. The number of aryl methyl sites for hydroxylation is 2. The second kappa shape index (κ2) is 7.94. The quantitative estimate of drug-likeness (QED) is 0.253. The summed E-state index contributed by atoms with van der Waals surface area (Å²) in [7, 11) is 0. The molecule has 0 radical (unpaired) electrons. The van der Waals surface area contributed by atoms with Crippen LogP contribution in [0.3, 0.4) is 0 Å². The third kappa shape index (κ3) is 3.12. The number of fused-ring (bicyclic) bond motifs is 9. The van der Waals surface area contributed by atoms with Crippen LogP contribution in [0.2, 0.25) is 0 Å². The van der Waals surface area contributed by atoms with Crippen LogP contribution in [0.1, 0.15) is 50.7 Å². The molecule has 0 unspecified atom stereocenters. The van der Waals surface area contributed by atoms with Crippen molar-refractivity contribution < 1.29 is 4.42 Å². The number of hydrogen-bond acceptors (Lipinski definition) is 2. The van der Waals surface area contributed by atoms with Crippen LogP contribution in [0.25, 0.3) is 52.9 Å². The molecular weight excluding hydrogens is 408 g/mol. The maximum absolute atomic E-state index is 6.48. The number of rotatable bonds is 6. The SMILES string of the molecule is CCCCc1ccc2c(c1)oc1c2ccc2c1ccc1c3ccc(CCCC)cc3sc12. The minimum absolute atomic E-state index is 1.01. The Hall–Kier alpha value is -2.84. The third-order valence-corrected chi connectivity index (χ3v) is 8.04. The van der Waals surface area contributed by atoms with Gasteiger partial charge in [0.25, 0.3) is 0 Å². The van der Waals surface area contributed by atoms with Gasteiger partial charge in [0.2, 0.25) is 0 Å². The van der Waals surface area contributed by atoms with E-state index in [1.165, 1.54) is 84.9 Å². The van der Waals surface area contributed by atoms with Gasteiger partial charge in [0, 0.05) is 41.7 Å². The summed E-state index contributed by atoms with van der Waals surface area (Å²) in [5.41, 5.74) is 4.86. The average molecular weight is 437 g/mol. The Morgan fingerprint density at radius 3 is 1.91 bits per heavy atom. The van der Waals surface area contributed by atoms with Crippen molar-refractivity contribution in [3.63, 3.8) is 0 Å². The van der Waals surface area contributed by atoms with E-state index in [1.54, 1.807) is 0 Å². The Morgan fingerprint density at radius 2 is 1.19 bits per heavy atom. The first-order chi connectivity index (χ1) is 15.8. The van der Waals surface area contributed by atoms with E-state index < -0.39 is 0 Å². The Bertz CT molecular complexity index is 1480. The van der Waals surface area contributed by atoms with Gasteiger partial charge in [-0.2, -0.15) is 0 Å². The molecule has 6 aromatic rings. The highest BCUT2D eigenvalue weighted by Gasteiger charge is 2.15. The lowest BCUT2D eigenvalue weighted by Gasteiger charge is -2.01. The Kier molecular flexibility index (Phi) is 4.91. The van der Waals surface area contributed by atoms with Crippen molar-refractivity contribution in [2.45, 2.75) is 52.4 Å². The van der Waals surface area contributed by atoms with Crippen LogP contribution in [-0.2, 0) is 12.8 Å². The van der Waals surface area contributed by atoms with Gasteiger partial charge >= 0.3 is 0 Å². The fraction of sp³-hybridized carbons (Fsp3) is 0.267. The second-order valence-electron chi connectivity index (χ2n) is 9.05. The second-order valence-corrected chi connectivity index (χ2v) is 10.1. The molecule has 0 saturated carbocycles. The van der Waals surface area contributed by atoms with Crippen LogP contribution in [0, 0.1) is 0 Å². The van der Waals surface area contributed by atoms with Crippen LogP contribution in [-0.4, -0.2) is 0 Å². The predicted molar refractivity (Wildman–Crippen MR) is 141 cm³/mol. The normalized spacial score (nSPS) is 12.2. The molecule has 0 bridgehead atoms. The zero-order valence-electron chi connectivity index (χ0n) is 18.8. The summed E-state index contributed by atoms with van der Waals surface area (Å²) >= 11 is 1.92. The van der Waals surface area contributed by atoms with E-state index in [1.807, 2.05) is 11.3 Å². The van der Waals surface area contributed by atoms with Gasteiger partial charge in [-0.3, -0.25) is 0 Å². The summed E-state index contributed by atoms with van der Waals surface area (Å²) in [6.07, 6.45) is 7.22. The number of furan rings is 1. The summed E-state index contributed by atoms with van der Waals surface area (Å²) in [6.45, 7) is 4.50. The number of benzene rings is 4. The van der Waals surface area contributed by atoms with E-state index in [2.05, 4.69) is 74.5 Å². The predicted octanol–water partition coefficient (Wildman–Crippen LogP) is 9.79. The van der Waals surface area contributed by atoms with E-state index in [0.29, 0.717) is 0 Å². The average Bonchev–Trinajstić information content (AvgIpc) is 3.38. The van der Waals surface area contributed by atoms with Crippen molar-refractivity contribution in [1.82, 2.24) is 0 Å². The van der Waals surface area contributed by atoms with Gasteiger partial charge in [0.05, 0.1) is 0 Å². The fourth-order valence-electron chi connectivity index (χ4n) is 5.03. The van der Waals surface area contributed by atoms with E-state index in [-0.39, 0.29) is 0 Å². The molecule has 0 spiro atoms. The molecule has 32 heavy (non-hydrogen) atoms. The van der Waals surface area contributed by atoms with E-state index in [9.17, 15) is 0 Å². The molecule has 0 aliphatic heterocycles. The molecular formula is C30H28OS. The van der Waals surface area contributed by atoms with Gasteiger partial charge in [-0.1, -0.05) is 63.1 Å². The number of unbranched alkanes of at least 4 members (excludes halogenated alkanes) is 2. The molecule has 0 N–H and O–H groups in total. The van der Waals surface area contributed by atoms with Gasteiger partial charge in [0.15, 0.2) is 0 Å². The monoisotopic (exact) mass is 436 g/mol. The van der Waals surface area contributed by atoms with Gasteiger partial charge in [-0.15, -0.1) is 11.3 Å². The van der Waals surface area contributed by atoms with Crippen LogP contribution in [0.5, 0.6) is 0 Å². The first-order valence-corrected chi connectivity index (χ1v) is 12.8. The Balaban J connectivity index is 1.55. The highest BCUT2D eigenvalue weighted by Crippen LogP contribution is 2.42. The summed E-state index contributed by atoms with van der Waals surface area (Å²) < 4.78 is 9.24. The molecule has 2 aromatic heterocycles. The van der Waals surface area contributed by atoms with Crippen LogP contribution in [0.15, 0.2) is 65.1 Å². The first kappa shape index (κ1) is 19.8. The molecule has 0 saturated heterocycles. The smallest absolute Gasteiger partial charge is 0.143 e. The summed E-state index contributed by atoms with van der Waals surface area (Å²) in [5.74, 6) is 0. The molecule has 0 amide bonds. The molecule has 0 aliphatic rings. The fourth-order valence-corrected chi connectivity index (χ4v) is 6.33. The maximum atomic E-state index is 6.48. The van der Waals surface area contributed by atoms with Crippen molar-refractivity contribution in [1.29, 1.82) is 0 Å². The number of thiophene rings is 1. The first-order valence-electron chi connectivity index (χ1n) is 12.0. The molecule has 6 rings (SSSR count). The van der Waals surface area contributed by atoms with Crippen molar-refractivity contribution in [3.05, 3.63) is 71.8 Å². The lowest BCUT2D eigenvalue weighted by Crippen LogP contribution is -1.83. The van der Waals surface area contributed by atoms with Gasteiger partial charge in [0.1, 0.15) is 11.2 Å². The van der Waals surface area contributed by atoms with E-state index >= 15 is 0 Å². The minimum Gasteiger partial charge on any atom is -0.455 e. The molecule has 2 heterocycles. The lowest BCUT2D eigenvalue weighted by molar-refractivity contribution is 0.671. The topological polar surface area (TPSA) is 13.1 Å². The molecule has 160 valence electrons. The molecule has 0 atom stereocenters. The molecule has 0 fully saturated rings. The van der Waals surface area contributed by atoms with Gasteiger partial charge in [-0.05, 0) is 61.1 Å². The lowest BCUT2D eigenvalue weighted by atomic mass is 10.0. The van der Waals surface area contributed by atoms with Gasteiger partial charge < -0.3 is 4.42 Å². The summed E-state index contributed by atoms with van der Waals surface area (Å²) in [5, 5.41) is 7.70. The standard InChI is InChI=1S/C30H28OS/c1-3-5-7-19-9-11-21-23-13-16-26-24(29(23)31-27(21)17-19)14-15-25-22-12-10-20(8-6-4-2)18-28(22)32-30(25)26/h9-18H,3-8H2,1-2H3.